The molecule has 1 aliphatic carbocycles. The first-order valence-corrected chi connectivity index (χ1v) is 21.1. The van der Waals surface area contributed by atoms with E-state index in [2.05, 4.69) is 226 Å². The average Bonchev–Trinajstić information content (AvgIpc) is 4.05. The Morgan fingerprint density at radius 3 is 1.21 bits per heavy atom. The van der Waals surface area contributed by atoms with Crippen LogP contribution in [0.1, 0.15) is 0 Å². The molecule has 3 aromatic heterocycles. The molecule has 0 radical (unpaired) electrons. The minimum Gasteiger partial charge on any atom is -0.309 e. The van der Waals surface area contributed by atoms with Gasteiger partial charge >= 0.3 is 0 Å². The van der Waals surface area contributed by atoms with E-state index in [-0.39, 0.29) is 0 Å². The fourth-order valence-corrected chi connectivity index (χ4v) is 10.8. The number of para-hydroxylation sites is 4. The molecule has 0 bridgehead atoms. The van der Waals surface area contributed by atoms with Gasteiger partial charge in [-0.25, -0.2) is 0 Å². The Morgan fingerprint density at radius 1 is 0.230 bits per heavy atom. The maximum Gasteiger partial charge on any atom is 0.0542 e. The van der Waals surface area contributed by atoms with Crippen LogP contribution in [-0.4, -0.2) is 13.7 Å². The van der Waals surface area contributed by atoms with Gasteiger partial charge in [0.25, 0.3) is 0 Å². The van der Waals surface area contributed by atoms with E-state index >= 15 is 0 Å². The van der Waals surface area contributed by atoms with E-state index in [9.17, 15) is 0 Å². The summed E-state index contributed by atoms with van der Waals surface area (Å²) in [5, 5.41) is 10.1. The van der Waals surface area contributed by atoms with E-state index in [1.807, 2.05) is 0 Å². The van der Waals surface area contributed by atoms with Crippen molar-refractivity contribution < 1.29 is 0 Å². The van der Waals surface area contributed by atoms with Crippen LogP contribution in [0.5, 0.6) is 0 Å². The molecule has 0 unspecified atom stereocenters. The molecule has 61 heavy (non-hydrogen) atoms. The topological polar surface area (TPSA) is 14.8 Å². The molecule has 1 aliphatic rings. The van der Waals surface area contributed by atoms with Crippen molar-refractivity contribution in [1.82, 2.24) is 13.7 Å². The monoisotopic (exact) mass is 773 g/mol. The number of aromatic nitrogens is 3. The van der Waals surface area contributed by atoms with Crippen molar-refractivity contribution in [3.63, 3.8) is 0 Å². The molecule has 3 heterocycles. The van der Waals surface area contributed by atoms with Crippen molar-refractivity contribution in [1.29, 1.82) is 0 Å². The molecule has 13 aromatic rings. The molecule has 282 valence electrons. The van der Waals surface area contributed by atoms with Crippen molar-refractivity contribution in [2.24, 2.45) is 0 Å². The third-order valence-electron chi connectivity index (χ3n) is 13.3. The van der Waals surface area contributed by atoms with Gasteiger partial charge in [-0.2, -0.15) is 0 Å². The van der Waals surface area contributed by atoms with Crippen LogP contribution in [0.3, 0.4) is 0 Å². The first kappa shape index (κ1) is 32.8. The predicted molar refractivity (Wildman–Crippen MR) is 257 cm³/mol. The molecule has 0 atom stereocenters. The number of fused-ring (bicyclic) bond motifs is 12. The average molecular weight is 774 g/mol. The number of hydrogen-bond acceptors (Lipinski definition) is 0. The highest BCUT2D eigenvalue weighted by molar-refractivity contribution is 6.17. The highest BCUT2D eigenvalue weighted by Crippen LogP contribution is 2.49. The quantitative estimate of drug-likeness (QED) is 0.169. The first-order valence-electron chi connectivity index (χ1n) is 21.1. The van der Waals surface area contributed by atoms with Crippen LogP contribution >= 0.6 is 0 Å². The molecular formula is C58H35N3. The normalized spacial score (nSPS) is 12.3. The van der Waals surface area contributed by atoms with Crippen molar-refractivity contribution >= 4 is 76.2 Å². The summed E-state index contributed by atoms with van der Waals surface area (Å²) >= 11 is 0. The van der Waals surface area contributed by atoms with Crippen LogP contribution in [-0.2, 0) is 0 Å². The van der Waals surface area contributed by atoms with Crippen molar-refractivity contribution in [2.45, 2.75) is 0 Å². The summed E-state index contributed by atoms with van der Waals surface area (Å²) in [5.74, 6) is 0. The van der Waals surface area contributed by atoms with Crippen LogP contribution in [0.25, 0.3) is 127 Å². The van der Waals surface area contributed by atoms with E-state index in [1.54, 1.807) is 0 Å². The zero-order valence-electron chi connectivity index (χ0n) is 33.0. The Hall–Kier alpha value is -8.14. The lowest BCUT2D eigenvalue weighted by Gasteiger charge is -2.13. The van der Waals surface area contributed by atoms with Crippen LogP contribution in [0.4, 0.5) is 0 Å². The second-order valence-electron chi connectivity index (χ2n) is 16.5. The summed E-state index contributed by atoms with van der Waals surface area (Å²) in [6.45, 7) is 0. The number of nitrogens with zero attached hydrogens (tertiary/aromatic N) is 3. The lowest BCUT2D eigenvalue weighted by Crippen LogP contribution is -1.97. The Balaban J connectivity index is 0.934. The molecular weight excluding hydrogens is 739 g/mol. The van der Waals surface area contributed by atoms with Crippen LogP contribution in [0.15, 0.2) is 212 Å². The summed E-state index contributed by atoms with van der Waals surface area (Å²) in [6.07, 6.45) is 0. The molecule has 0 spiro atoms. The molecule has 0 saturated carbocycles. The number of benzene rings is 10. The van der Waals surface area contributed by atoms with Crippen molar-refractivity contribution in [2.75, 3.05) is 0 Å². The lowest BCUT2D eigenvalue weighted by atomic mass is 9.96. The first-order chi connectivity index (χ1) is 30.3. The highest BCUT2D eigenvalue weighted by Gasteiger charge is 2.23. The second kappa shape index (κ2) is 12.2. The van der Waals surface area contributed by atoms with Gasteiger partial charge in [0.05, 0.1) is 33.1 Å². The van der Waals surface area contributed by atoms with Gasteiger partial charge in [0.1, 0.15) is 0 Å². The fourth-order valence-electron chi connectivity index (χ4n) is 10.8. The maximum atomic E-state index is 2.44. The third-order valence-corrected chi connectivity index (χ3v) is 13.3. The van der Waals surface area contributed by atoms with E-state index in [0.717, 1.165) is 17.1 Å². The van der Waals surface area contributed by atoms with E-state index in [0.29, 0.717) is 0 Å². The minimum absolute atomic E-state index is 1.15. The van der Waals surface area contributed by atoms with Gasteiger partial charge in [-0.3, -0.25) is 0 Å². The smallest absolute Gasteiger partial charge is 0.0542 e. The minimum atomic E-state index is 1.15. The van der Waals surface area contributed by atoms with Gasteiger partial charge in [0.15, 0.2) is 0 Å². The predicted octanol–water partition coefficient (Wildman–Crippen LogP) is 15.4. The van der Waals surface area contributed by atoms with Crippen molar-refractivity contribution in [3.05, 3.63) is 212 Å². The largest absolute Gasteiger partial charge is 0.309 e. The van der Waals surface area contributed by atoms with Crippen LogP contribution < -0.4 is 0 Å². The molecule has 3 heteroatoms. The zero-order valence-corrected chi connectivity index (χ0v) is 33.0. The Labute approximate surface area is 351 Å². The molecule has 0 saturated heterocycles. The van der Waals surface area contributed by atoms with Gasteiger partial charge in [-0.15, -0.1) is 0 Å². The zero-order chi connectivity index (χ0) is 39.8. The summed E-state index contributed by atoms with van der Waals surface area (Å²) in [5.41, 5.74) is 18.4. The molecule has 0 N–H and O–H groups in total. The Morgan fingerprint density at radius 2 is 0.656 bits per heavy atom. The molecule has 14 rings (SSSR count). The Kier molecular flexibility index (Phi) is 6.56. The van der Waals surface area contributed by atoms with Gasteiger partial charge in [0.2, 0.25) is 0 Å². The van der Waals surface area contributed by atoms with Crippen molar-refractivity contribution in [3.8, 4) is 50.4 Å². The second-order valence-corrected chi connectivity index (χ2v) is 16.5. The molecule has 0 fully saturated rings. The number of rotatable bonds is 4. The van der Waals surface area contributed by atoms with Crippen LogP contribution in [0, 0.1) is 0 Å². The SMILES string of the molecule is c1cc(-c2cc3c4c(cccc4c2)-c2ccccc2-3)cc(-n2c3ccccc3c3cc(-n4c5ccccc5c5cc(-n6c7ccccc7c7ccccc76)ccc54)ccc32)c1. The molecule has 0 amide bonds. The van der Waals surface area contributed by atoms with E-state index in [4.69, 9.17) is 0 Å². The Bertz CT molecular complexity index is 3950. The summed E-state index contributed by atoms with van der Waals surface area (Å²) in [7, 11) is 0. The van der Waals surface area contributed by atoms with E-state index < -0.39 is 0 Å². The van der Waals surface area contributed by atoms with Crippen LogP contribution in [0.2, 0.25) is 0 Å². The highest BCUT2D eigenvalue weighted by atomic mass is 15.0. The lowest BCUT2D eigenvalue weighted by molar-refractivity contribution is 1.16. The molecule has 0 aliphatic heterocycles. The molecule has 3 nitrogen and oxygen atoms in total. The number of hydrogen-bond donors (Lipinski definition) is 0. The summed E-state index contributed by atoms with van der Waals surface area (Å²) < 4.78 is 7.30. The maximum absolute atomic E-state index is 2.44. The third kappa shape index (κ3) is 4.52. The van der Waals surface area contributed by atoms with Gasteiger partial charge in [-0.1, -0.05) is 127 Å². The summed E-state index contributed by atoms with van der Waals surface area (Å²) in [4.78, 5) is 0. The van der Waals surface area contributed by atoms with Gasteiger partial charge < -0.3 is 13.7 Å². The van der Waals surface area contributed by atoms with Gasteiger partial charge in [-0.05, 0) is 129 Å². The van der Waals surface area contributed by atoms with E-state index in [1.165, 1.54) is 110 Å². The molecule has 10 aromatic carbocycles. The standard InChI is InChI=1S/C58H35N3/c1-2-17-43-42(16-1)48-22-12-14-37-31-38(33-51(43)58(37)48)36-13-11-15-39(32-36)59-54-25-9-5-20-46(54)49-35-41(28-29-56(49)59)61-55-26-10-6-21-47(55)50-34-40(27-30-57(50)61)60-52-23-7-3-18-44(52)45-19-4-8-24-53(45)60/h1-35H. The summed E-state index contributed by atoms with van der Waals surface area (Å²) in [6, 6.07) is 78.5. The van der Waals surface area contributed by atoms with Gasteiger partial charge in [0, 0.05) is 49.4 Å². The fraction of sp³-hybridized carbons (Fsp3) is 0.